The van der Waals surface area contributed by atoms with Gasteiger partial charge in [0.25, 0.3) is 5.91 Å². The summed E-state index contributed by atoms with van der Waals surface area (Å²) in [7, 11) is 1.41. The van der Waals surface area contributed by atoms with Crippen molar-refractivity contribution in [1.29, 1.82) is 0 Å². The second-order valence-corrected chi connectivity index (χ2v) is 9.53. The number of hydrogen-bond acceptors (Lipinski definition) is 10. The third-order valence-corrected chi connectivity index (χ3v) is 6.21. The lowest BCUT2D eigenvalue weighted by Gasteiger charge is -2.28. The Labute approximate surface area is 257 Å². The SMILES string of the molecule is CCOC(=O)COc1c(Cl)cc(Cl)cc1/C=N/NC(=O)COc1ccc([C@@H]2NC(=O)NC(C)=C2C(=O)OCC)cc1OC. The summed E-state index contributed by atoms with van der Waals surface area (Å²) < 4.78 is 26.5. The van der Waals surface area contributed by atoms with E-state index in [0.29, 0.717) is 16.8 Å². The Morgan fingerprint density at radius 1 is 1.02 bits per heavy atom. The first kappa shape index (κ1) is 33.0. The number of hydrazone groups is 1. The number of urea groups is 1. The van der Waals surface area contributed by atoms with Crippen LogP contribution >= 0.6 is 23.2 Å². The van der Waals surface area contributed by atoms with Crippen LogP contribution in [0.25, 0.3) is 0 Å². The van der Waals surface area contributed by atoms with E-state index in [1.54, 1.807) is 32.9 Å². The topological polar surface area (TPSA) is 163 Å². The first-order chi connectivity index (χ1) is 20.6. The number of hydrogen-bond donors (Lipinski definition) is 3. The number of ether oxygens (including phenoxy) is 5. The fourth-order valence-electron chi connectivity index (χ4n) is 3.92. The number of carbonyl (C=O) groups excluding carboxylic acids is 4. The maximum atomic E-state index is 12.6. The number of carbonyl (C=O) groups is 4. The zero-order valence-corrected chi connectivity index (χ0v) is 25.3. The molecule has 1 heterocycles. The third-order valence-electron chi connectivity index (χ3n) is 5.71. The molecule has 0 spiro atoms. The summed E-state index contributed by atoms with van der Waals surface area (Å²) >= 11 is 12.3. The molecular formula is C28H30Cl2N4O9. The van der Waals surface area contributed by atoms with Gasteiger partial charge >= 0.3 is 18.0 Å². The first-order valence-corrected chi connectivity index (χ1v) is 13.7. The van der Waals surface area contributed by atoms with Gasteiger partial charge in [0.15, 0.2) is 24.7 Å². The fourth-order valence-corrected chi connectivity index (χ4v) is 4.48. The molecular weight excluding hydrogens is 607 g/mol. The van der Waals surface area contributed by atoms with Crippen molar-refractivity contribution in [1.82, 2.24) is 16.1 Å². The van der Waals surface area contributed by atoms with Gasteiger partial charge in [-0.15, -0.1) is 0 Å². The average Bonchev–Trinajstić information content (AvgIpc) is 2.95. The molecule has 13 nitrogen and oxygen atoms in total. The smallest absolute Gasteiger partial charge is 0.344 e. The van der Waals surface area contributed by atoms with Gasteiger partial charge in [-0.1, -0.05) is 29.3 Å². The van der Waals surface area contributed by atoms with E-state index in [1.807, 2.05) is 0 Å². The predicted molar refractivity (Wildman–Crippen MR) is 157 cm³/mol. The van der Waals surface area contributed by atoms with Crippen LogP contribution in [-0.4, -0.2) is 63.6 Å². The van der Waals surface area contributed by atoms with Gasteiger partial charge < -0.3 is 34.3 Å². The van der Waals surface area contributed by atoms with Crippen molar-refractivity contribution in [3.63, 3.8) is 0 Å². The Hall–Kier alpha value is -4.49. The van der Waals surface area contributed by atoms with E-state index < -0.39 is 36.5 Å². The van der Waals surface area contributed by atoms with Crippen molar-refractivity contribution in [2.45, 2.75) is 26.8 Å². The largest absolute Gasteiger partial charge is 0.493 e. The van der Waals surface area contributed by atoms with E-state index in [-0.39, 0.29) is 52.7 Å². The minimum Gasteiger partial charge on any atom is -0.493 e. The van der Waals surface area contributed by atoms with E-state index in [4.69, 9.17) is 46.9 Å². The molecule has 0 radical (unpaired) electrons. The standard InChI is InChI=1S/C28H30Cl2N4O9/c1-5-40-23(36)14-43-26-17(9-18(29)11-19(26)30)12-31-34-22(35)13-42-20-8-7-16(10-21(20)39-4)25-24(27(37)41-6-2)15(3)32-28(38)33-25/h7-12,25H,5-6,13-14H2,1-4H3,(H,34,35)(H2,32,33,38)/b31-12+/t25-/m0/s1. The highest BCUT2D eigenvalue weighted by Gasteiger charge is 2.32. The number of nitrogens with zero attached hydrogens (tertiary/aromatic N) is 1. The van der Waals surface area contributed by atoms with Gasteiger partial charge in [0.2, 0.25) is 0 Å². The molecule has 3 rings (SSSR count). The number of methoxy groups -OCH3 is 1. The maximum Gasteiger partial charge on any atom is 0.344 e. The Kier molecular flexibility index (Phi) is 12.0. The summed E-state index contributed by atoms with van der Waals surface area (Å²) in [5, 5.41) is 9.58. The summed E-state index contributed by atoms with van der Waals surface area (Å²) in [4.78, 5) is 48.8. The monoisotopic (exact) mass is 636 g/mol. The zero-order valence-electron chi connectivity index (χ0n) is 23.7. The van der Waals surface area contributed by atoms with Gasteiger partial charge in [0.05, 0.1) is 43.2 Å². The van der Waals surface area contributed by atoms with Crippen molar-refractivity contribution >= 4 is 53.3 Å². The zero-order chi connectivity index (χ0) is 31.5. The molecule has 0 saturated heterocycles. The normalized spacial score (nSPS) is 14.5. The molecule has 0 aromatic heterocycles. The number of rotatable bonds is 13. The van der Waals surface area contributed by atoms with Crippen LogP contribution in [0.4, 0.5) is 4.79 Å². The molecule has 2 aromatic carbocycles. The summed E-state index contributed by atoms with van der Waals surface area (Å²) in [6.45, 7) is 4.48. The molecule has 2 aromatic rings. The van der Waals surface area contributed by atoms with E-state index in [9.17, 15) is 19.2 Å². The van der Waals surface area contributed by atoms with Crippen LogP contribution in [0.1, 0.15) is 37.9 Å². The predicted octanol–water partition coefficient (Wildman–Crippen LogP) is 3.66. The Balaban J connectivity index is 1.68. The average molecular weight is 637 g/mol. The molecule has 0 saturated carbocycles. The second-order valence-electron chi connectivity index (χ2n) is 8.68. The second kappa shape index (κ2) is 15.7. The number of nitrogens with one attached hydrogen (secondary N) is 3. The highest BCUT2D eigenvalue weighted by atomic mass is 35.5. The van der Waals surface area contributed by atoms with Crippen LogP contribution in [0.15, 0.2) is 46.7 Å². The molecule has 0 unspecified atom stereocenters. The number of benzene rings is 2. The maximum absolute atomic E-state index is 12.6. The van der Waals surface area contributed by atoms with Crippen LogP contribution in [-0.2, 0) is 23.9 Å². The Morgan fingerprint density at radius 3 is 2.47 bits per heavy atom. The summed E-state index contributed by atoms with van der Waals surface area (Å²) in [6, 6.07) is 6.37. The molecule has 230 valence electrons. The van der Waals surface area contributed by atoms with E-state index in [1.165, 1.54) is 31.5 Å². The van der Waals surface area contributed by atoms with Gasteiger partial charge in [-0.25, -0.2) is 19.8 Å². The van der Waals surface area contributed by atoms with Crippen LogP contribution in [0, 0.1) is 0 Å². The Morgan fingerprint density at radius 2 is 1.77 bits per heavy atom. The fraction of sp³-hybridized carbons (Fsp3) is 0.321. The highest BCUT2D eigenvalue weighted by Crippen LogP contribution is 2.35. The van der Waals surface area contributed by atoms with Crippen molar-refractivity contribution in [3.8, 4) is 17.2 Å². The molecule has 0 aliphatic carbocycles. The number of halogens is 2. The molecule has 3 amide bonds. The minimum atomic E-state index is -0.806. The quantitative estimate of drug-likeness (QED) is 0.169. The van der Waals surface area contributed by atoms with Gasteiger partial charge in [0.1, 0.15) is 5.75 Å². The van der Waals surface area contributed by atoms with Crippen LogP contribution < -0.4 is 30.3 Å². The molecule has 3 N–H and O–H groups in total. The lowest BCUT2D eigenvalue weighted by molar-refractivity contribution is -0.145. The first-order valence-electron chi connectivity index (χ1n) is 12.9. The van der Waals surface area contributed by atoms with Crippen molar-refractivity contribution in [3.05, 3.63) is 62.8 Å². The molecule has 0 fully saturated rings. The van der Waals surface area contributed by atoms with Crippen molar-refractivity contribution in [2.75, 3.05) is 33.5 Å². The minimum absolute atomic E-state index is 0.124. The molecule has 15 heteroatoms. The van der Waals surface area contributed by atoms with Crippen LogP contribution in [0.3, 0.4) is 0 Å². The molecule has 1 aliphatic heterocycles. The van der Waals surface area contributed by atoms with Crippen molar-refractivity contribution < 1.29 is 42.9 Å². The molecule has 1 atom stereocenters. The number of allylic oxidation sites excluding steroid dienone is 1. The van der Waals surface area contributed by atoms with Gasteiger partial charge in [-0.3, -0.25) is 4.79 Å². The van der Waals surface area contributed by atoms with Crippen molar-refractivity contribution in [2.24, 2.45) is 5.10 Å². The lowest BCUT2D eigenvalue weighted by Crippen LogP contribution is -2.45. The third kappa shape index (κ3) is 9.00. The van der Waals surface area contributed by atoms with Gasteiger partial charge in [-0.05, 0) is 50.6 Å². The van der Waals surface area contributed by atoms with E-state index in [0.717, 1.165) is 0 Å². The van der Waals surface area contributed by atoms with Gasteiger partial charge in [0, 0.05) is 16.3 Å². The van der Waals surface area contributed by atoms with Crippen LogP contribution in [0.5, 0.6) is 17.2 Å². The Bertz CT molecular complexity index is 1450. The molecule has 43 heavy (non-hydrogen) atoms. The lowest BCUT2D eigenvalue weighted by atomic mass is 9.95. The van der Waals surface area contributed by atoms with Crippen LogP contribution in [0.2, 0.25) is 10.0 Å². The van der Waals surface area contributed by atoms with E-state index >= 15 is 0 Å². The summed E-state index contributed by atoms with van der Waals surface area (Å²) in [5.41, 5.74) is 3.74. The van der Waals surface area contributed by atoms with E-state index in [2.05, 4.69) is 21.2 Å². The summed E-state index contributed by atoms with van der Waals surface area (Å²) in [5.74, 6) is -1.18. The number of amides is 3. The molecule has 0 bridgehead atoms. The highest BCUT2D eigenvalue weighted by molar-refractivity contribution is 6.36. The van der Waals surface area contributed by atoms with Gasteiger partial charge in [-0.2, -0.15) is 5.10 Å². The summed E-state index contributed by atoms with van der Waals surface area (Å²) in [6.07, 6.45) is 1.25. The number of esters is 2. The molecule has 1 aliphatic rings.